The molecule has 28 nitrogen and oxygen atoms in total. The molecule has 121 heavy (non-hydrogen) atoms. The molecule has 0 bridgehead atoms. The number of imidazole rings is 4. The number of para-hydroxylation sites is 1. The van der Waals surface area contributed by atoms with Crippen molar-refractivity contribution < 1.29 is 8.78 Å². The van der Waals surface area contributed by atoms with Crippen LogP contribution in [0.5, 0.6) is 0 Å². The Bertz CT molecular complexity index is 7390. The molecule has 31 heteroatoms. The molecule has 4 atom stereocenters. The smallest absolute Gasteiger partial charge is 0.264 e. The van der Waals surface area contributed by atoms with Crippen LogP contribution in [0.4, 0.5) is 32.1 Å². The van der Waals surface area contributed by atoms with Crippen molar-refractivity contribution in [1.29, 1.82) is 0 Å². The molecule has 1 saturated carbocycles. The summed E-state index contributed by atoms with van der Waals surface area (Å²) in [6.45, 7) is 13.8. The summed E-state index contributed by atoms with van der Waals surface area (Å²) < 4.78 is 34.6. The van der Waals surface area contributed by atoms with E-state index in [4.69, 9.17) is 11.6 Å². The third kappa shape index (κ3) is 15.4. The number of aromatic nitrogens is 20. The molecule has 604 valence electrons. The van der Waals surface area contributed by atoms with Gasteiger partial charge in [-0.1, -0.05) is 110 Å². The van der Waals surface area contributed by atoms with Gasteiger partial charge in [-0.25, -0.2) is 68.6 Å². The normalized spacial score (nSPS) is 13.1. The predicted molar refractivity (Wildman–Crippen MR) is 468 cm³/mol. The number of nitrogens with one attached hydrogen (secondary N) is 8. The number of fused-ring (bicyclic) bond motifs is 8. The summed E-state index contributed by atoms with van der Waals surface area (Å²) in [5.41, 5.74) is 12.6. The lowest BCUT2D eigenvalue weighted by Crippen LogP contribution is -2.33. The van der Waals surface area contributed by atoms with Crippen LogP contribution in [-0.4, -0.2) is 98.0 Å². The first-order valence-corrected chi connectivity index (χ1v) is 39.7. The van der Waals surface area contributed by atoms with Crippen molar-refractivity contribution >= 4 is 123 Å². The topological polar surface area (TPSA) is 354 Å². The Morgan fingerprint density at radius 1 is 0.388 bits per heavy atom. The Morgan fingerprint density at radius 2 is 0.760 bits per heavy atom. The van der Waals surface area contributed by atoms with E-state index in [1.54, 1.807) is 69.3 Å². The van der Waals surface area contributed by atoms with Crippen molar-refractivity contribution in [2.45, 2.75) is 104 Å². The Hall–Kier alpha value is -15.1. The summed E-state index contributed by atoms with van der Waals surface area (Å²) in [5.74, 6) is 1.71. The highest BCUT2D eigenvalue weighted by Gasteiger charge is 2.29. The van der Waals surface area contributed by atoms with Gasteiger partial charge in [0.05, 0.1) is 81.7 Å². The van der Waals surface area contributed by atoms with Gasteiger partial charge in [-0.05, 0) is 190 Å². The fraction of sp³-hybridized carbons (Fsp3) is 0.178. The van der Waals surface area contributed by atoms with Gasteiger partial charge in [0.1, 0.15) is 59.0 Å². The second-order valence-corrected chi connectivity index (χ2v) is 30.0. The minimum absolute atomic E-state index is 0.0976. The second-order valence-electron chi connectivity index (χ2n) is 29.6. The highest BCUT2D eigenvalue weighted by atomic mass is 35.5. The third-order valence-corrected chi connectivity index (χ3v) is 22.2. The number of nitrogens with zero attached hydrogens (tertiary/aromatic N) is 16. The summed E-state index contributed by atoms with van der Waals surface area (Å²) in [6, 6.07) is 52.0. The SMILES string of the molecule is CC(Nc1ncnc2nc[nH]c12)c1cc2cccc(Cl)c2c(=O)n1-c1ccccc1.CCC(Nc1ncnc2nc[nH]c12)c1cc2cccc(C)c2c(=O)n1-c1ccc(F)cc1.Cc1cccc2cc(C(C)Nc3ncnc4nc[nH]c34)n(-c3cccc(F)c3)c(=O)c12.Cc1cccc2cc(C(C)Nc3ncnc4nc[nH]c34)n(C3CCC3)c(=O)c12. The van der Waals surface area contributed by atoms with E-state index in [2.05, 4.69) is 114 Å². The molecule has 1 fully saturated rings. The highest BCUT2D eigenvalue weighted by molar-refractivity contribution is 6.35. The van der Waals surface area contributed by atoms with E-state index in [9.17, 15) is 28.0 Å². The van der Waals surface area contributed by atoms with Crippen molar-refractivity contribution in [3.63, 3.8) is 0 Å². The number of hydrogen-bond donors (Lipinski definition) is 8. The first-order valence-electron chi connectivity index (χ1n) is 39.3. The summed E-state index contributed by atoms with van der Waals surface area (Å²) in [4.78, 5) is 117. The number of H-pyrrole nitrogens is 4. The van der Waals surface area contributed by atoms with Gasteiger partial charge in [0.2, 0.25) is 0 Å². The maximum atomic E-state index is 14.0. The molecule has 19 aromatic rings. The monoisotopic (exact) mass is 1630 g/mol. The van der Waals surface area contributed by atoms with Crippen LogP contribution in [-0.2, 0) is 0 Å². The quantitative estimate of drug-likeness (QED) is 0.0420. The Labute approximate surface area is 692 Å². The minimum atomic E-state index is -0.407. The molecule has 0 spiro atoms. The molecule has 0 saturated heterocycles. The predicted octanol–water partition coefficient (Wildman–Crippen LogP) is 17.3. The minimum Gasteiger partial charge on any atom is -0.360 e. The van der Waals surface area contributed by atoms with E-state index in [1.807, 2.05) is 161 Å². The largest absolute Gasteiger partial charge is 0.360 e. The van der Waals surface area contributed by atoms with Gasteiger partial charge >= 0.3 is 0 Å². The van der Waals surface area contributed by atoms with Crippen LogP contribution in [0.25, 0.3) is 105 Å². The van der Waals surface area contributed by atoms with Crippen molar-refractivity contribution in [1.82, 2.24) is 98.0 Å². The van der Waals surface area contributed by atoms with E-state index in [0.29, 0.717) is 107 Å². The molecule has 0 amide bonds. The van der Waals surface area contributed by atoms with Gasteiger partial charge in [-0.15, -0.1) is 0 Å². The van der Waals surface area contributed by atoms with E-state index in [0.717, 1.165) is 84.7 Å². The Balaban J connectivity index is 0.000000115. The Kier molecular flexibility index (Phi) is 21.7. The van der Waals surface area contributed by atoms with Crippen LogP contribution in [0.2, 0.25) is 5.02 Å². The highest BCUT2D eigenvalue weighted by Crippen LogP contribution is 2.37. The number of halogens is 3. The first-order chi connectivity index (χ1) is 58.8. The summed E-state index contributed by atoms with van der Waals surface area (Å²) in [6.07, 6.45) is 16.1. The zero-order valence-corrected chi connectivity index (χ0v) is 67.3. The fourth-order valence-electron chi connectivity index (χ4n) is 15.7. The molecule has 0 radical (unpaired) electrons. The molecule has 7 aromatic carbocycles. The molecule has 8 N–H and O–H groups in total. The lowest BCUT2D eigenvalue weighted by molar-refractivity contribution is 0.298. The van der Waals surface area contributed by atoms with Crippen LogP contribution in [0.3, 0.4) is 0 Å². The number of anilines is 4. The van der Waals surface area contributed by atoms with Crippen molar-refractivity contribution in [2.75, 3.05) is 21.3 Å². The van der Waals surface area contributed by atoms with Gasteiger partial charge in [0.25, 0.3) is 22.2 Å². The molecule has 4 unspecified atom stereocenters. The molecule has 1 aliphatic rings. The van der Waals surface area contributed by atoms with Gasteiger partial charge in [-0.2, -0.15) is 0 Å². The molecule has 1 aliphatic carbocycles. The van der Waals surface area contributed by atoms with Gasteiger partial charge in [0.15, 0.2) is 45.9 Å². The lowest BCUT2D eigenvalue weighted by Gasteiger charge is -2.32. The number of rotatable bonds is 17. The van der Waals surface area contributed by atoms with Crippen molar-refractivity contribution in [3.8, 4) is 17.1 Å². The van der Waals surface area contributed by atoms with Crippen LogP contribution in [0, 0.1) is 32.4 Å². The molecule has 12 heterocycles. The maximum absolute atomic E-state index is 14.0. The van der Waals surface area contributed by atoms with Gasteiger partial charge in [-0.3, -0.25) is 32.9 Å². The summed E-state index contributed by atoms with van der Waals surface area (Å²) in [5, 5.41) is 20.1. The van der Waals surface area contributed by atoms with E-state index in [1.165, 1.54) is 56.0 Å². The molecule has 20 rings (SSSR count). The van der Waals surface area contributed by atoms with Crippen LogP contribution in [0.15, 0.2) is 246 Å². The van der Waals surface area contributed by atoms with Crippen LogP contribution < -0.4 is 43.5 Å². The van der Waals surface area contributed by atoms with Gasteiger partial charge in [0, 0.05) is 40.2 Å². The molecular formula is C90H79ClF2N24O4. The van der Waals surface area contributed by atoms with Crippen molar-refractivity contribution in [3.05, 3.63) is 324 Å². The summed E-state index contributed by atoms with van der Waals surface area (Å²) in [7, 11) is 0. The zero-order valence-electron chi connectivity index (χ0n) is 66.5. The first kappa shape index (κ1) is 78.5. The number of benzene rings is 7. The van der Waals surface area contributed by atoms with Gasteiger partial charge < -0.3 is 45.8 Å². The third-order valence-electron chi connectivity index (χ3n) is 21.9. The number of aryl methyl sites for hydroxylation is 3. The average molecular weight is 1630 g/mol. The maximum Gasteiger partial charge on any atom is 0.264 e. The Morgan fingerprint density at radius 3 is 1.21 bits per heavy atom. The number of aromatic amines is 4. The average Bonchev–Trinajstić information content (AvgIpc) is 1.05. The summed E-state index contributed by atoms with van der Waals surface area (Å²) >= 11 is 6.38. The molecule has 12 aromatic heterocycles. The lowest BCUT2D eigenvalue weighted by atomic mass is 9.91. The van der Waals surface area contributed by atoms with E-state index < -0.39 is 5.82 Å². The van der Waals surface area contributed by atoms with Crippen LogP contribution >= 0.6 is 11.6 Å². The zero-order chi connectivity index (χ0) is 83.7. The molecule has 0 aliphatic heterocycles. The second kappa shape index (κ2) is 33.5. The van der Waals surface area contributed by atoms with Crippen molar-refractivity contribution in [2.24, 2.45) is 0 Å². The number of hydrogen-bond acceptors (Lipinski definition) is 20. The van der Waals surface area contributed by atoms with Crippen LogP contribution in [0.1, 0.15) is 123 Å². The molecular weight excluding hydrogens is 1550 g/mol. The van der Waals surface area contributed by atoms with E-state index >= 15 is 0 Å². The fourth-order valence-corrected chi connectivity index (χ4v) is 16.0. The standard InChI is InChI=1S/C24H21FN6O.C23H19FN6O.C22H17ClN6O.C21H22N6O/c1-3-18(30-23-21-22(27-12-26-21)28-13-29-23)19-11-15-6-4-5-14(2)20(15)24(32)31(19)17-9-7-16(25)8-10-17;1-13-5-3-6-15-9-18(14(2)29-22-20-21(26-11-25-20)27-12-28-22)30(23(31)19(13)15)17-8-4-7-16(24)10-17;1-13(28-21-19-20(25-11-24-19)26-12-27-21)17-10-14-6-5-9-16(23)18(14)22(30)29(17)15-7-3-2-4-8-15;1-12-5-3-6-14-9-16(27(15-7-4-8-15)21(28)17(12)14)13(2)26-20-18-19(23-10-22-18)24-11-25-20/h4-13,18H,3H2,1-2H3,(H2,26,27,28,29,30);3-12,14H,1-2H3,(H2,25,26,27,28,29);2-13H,1H3,(H2,24,25,26,27,28);3,5-6,9-11,13,15H,4,7-8H2,1-2H3,(H2,22,23,24,25,26). The number of pyridine rings is 4. The van der Waals surface area contributed by atoms with E-state index in [-0.39, 0.29) is 58.3 Å².